The third-order valence-electron chi connectivity index (χ3n) is 6.62. The number of phenols is 1. The summed E-state index contributed by atoms with van der Waals surface area (Å²) >= 11 is 0. The molecule has 0 saturated carbocycles. The van der Waals surface area contributed by atoms with E-state index in [9.17, 15) is 24.6 Å². The van der Waals surface area contributed by atoms with E-state index in [4.69, 9.17) is 9.47 Å². The Bertz CT molecular complexity index is 1460. The number of benzene rings is 3. The lowest BCUT2D eigenvalue weighted by Gasteiger charge is -2.26. The number of rotatable bonds is 6. The fraction of sp³-hybridized carbons (Fsp3) is 0.233. The van der Waals surface area contributed by atoms with Crippen LogP contribution in [0.15, 0.2) is 72.3 Å². The first-order chi connectivity index (χ1) is 18.3. The molecule has 8 nitrogen and oxygen atoms in total. The highest BCUT2D eigenvalue weighted by atomic mass is 16.5. The van der Waals surface area contributed by atoms with Crippen LogP contribution in [0.1, 0.15) is 53.4 Å². The number of anilines is 1. The number of aliphatic hydroxyl groups is 1. The Morgan fingerprint density at radius 1 is 1.05 bits per heavy atom. The second kappa shape index (κ2) is 10.0. The van der Waals surface area contributed by atoms with Crippen LogP contribution in [0.5, 0.6) is 11.5 Å². The molecule has 1 amide bonds. The van der Waals surface area contributed by atoms with E-state index in [1.165, 1.54) is 23.1 Å². The van der Waals surface area contributed by atoms with Gasteiger partial charge in [0.25, 0.3) is 11.7 Å². The second-order valence-electron chi connectivity index (χ2n) is 9.40. The fourth-order valence-corrected chi connectivity index (χ4v) is 4.86. The average molecular weight is 514 g/mol. The topological polar surface area (TPSA) is 113 Å². The number of fused-ring (bicyclic) bond motifs is 1. The van der Waals surface area contributed by atoms with Crippen molar-refractivity contribution < 1.29 is 34.1 Å². The van der Waals surface area contributed by atoms with Gasteiger partial charge in [0, 0.05) is 17.7 Å². The zero-order valence-electron chi connectivity index (χ0n) is 21.0. The van der Waals surface area contributed by atoms with Crippen molar-refractivity contribution in [3.63, 3.8) is 0 Å². The average Bonchev–Trinajstić information content (AvgIpc) is 3.42. The molecule has 2 unspecified atom stereocenters. The lowest BCUT2D eigenvalue weighted by atomic mass is 9.94. The van der Waals surface area contributed by atoms with Crippen LogP contribution in [0.4, 0.5) is 5.69 Å². The summed E-state index contributed by atoms with van der Waals surface area (Å²) in [5, 5.41) is 21.3. The van der Waals surface area contributed by atoms with Crippen molar-refractivity contribution in [3.8, 4) is 11.5 Å². The molecule has 3 aromatic carbocycles. The summed E-state index contributed by atoms with van der Waals surface area (Å²) in [5.74, 6) is -1.83. The molecule has 2 aliphatic rings. The molecule has 5 rings (SSSR count). The molecular formula is C30H27NO7. The minimum atomic E-state index is -0.999. The van der Waals surface area contributed by atoms with Gasteiger partial charge in [-0.1, -0.05) is 25.1 Å². The summed E-state index contributed by atoms with van der Waals surface area (Å²) < 4.78 is 11.0. The number of ketones is 1. The van der Waals surface area contributed by atoms with Gasteiger partial charge < -0.3 is 19.7 Å². The number of hydrogen-bond acceptors (Lipinski definition) is 7. The standard InChI is InChI=1S/C30H27NO7/c1-3-13-37-30(36)20-5-4-6-22(16-20)31-26(18-7-10-23(32)11-8-18)25(28(34)29(31)35)27(33)19-9-12-24-21(15-19)14-17(2)38-24/h4-12,15-17,26,32-33H,3,13-14H2,1-2H3/b27-25-. The molecule has 38 heavy (non-hydrogen) atoms. The van der Waals surface area contributed by atoms with Crippen LogP contribution < -0.4 is 9.64 Å². The van der Waals surface area contributed by atoms with Crippen molar-refractivity contribution in [1.82, 2.24) is 0 Å². The van der Waals surface area contributed by atoms with Crippen LogP contribution in [0.3, 0.4) is 0 Å². The van der Waals surface area contributed by atoms with Gasteiger partial charge in [-0.05, 0) is 73.0 Å². The summed E-state index contributed by atoms with van der Waals surface area (Å²) in [6.07, 6.45) is 1.32. The number of hydrogen-bond donors (Lipinski definition) is 2. The number of aromatic hydroxyl groups is 1. The molecule has 0 bridgehead atoms. The fourth-order valence-electron chi connectivity index (χ4n) is 4.86. The van der Waals surface area contributed by atoms with Gasteiger partial charge in [-0.15, -0.1) is 0 Å². The van der Waals surface area contributed by atoms with E-state index >= 15 is 0 Å². The molecule has 2 aliphatic heterocycles. The van der Waals surface area contributed by atoms with Crippen molar-refractivity contribution in [2.75, 3.05) is 11.5 Å². The van der Waals surface area contributed by atoms with Crippen molar-refractivity contribution in [1.29, 1.82) is 0 Å². The molecule has 1 saturated heterocycles. The van der Waals surface area contributed by atoms with Gasteiger partial charge in [-0.2, -0.15) is 0 Å². The molecule has 3 aromatic rings. The highest BCUT2D eigenvalue weighted by molar-refractivity contribution is 6.51. The Morgan fingerprint density at radius 3 is 2.55 bits per heavy atom. The van der Waals surface area contributed by atoms with Gasteiger partial charge >= 0.3 is 5.97 Å². The number of nitrogens with zero attached hydrogens (tertiary/aromatic N) is 1. The Kier molecular flexibility index (Phi) is 6.63. The maximum atomic E-state index is 13.4. The second-order valence-corrected chi connectivity index (χ2v) is 9.40. The quantitative estimate of drug-likeness (QED) is 0.208. The first kappa shape index (κ1) is 25.1. The van der Waals surface area contributed by atoms with Crippen molar-refractivity contribution >= 4 is 29.1 Å². The van der Waals surface area contributed by atoms with E-state index in [-0.39, 0.29) is 35.4 Å². The minimum Gasteiger partial charge on any atom is -0.508 e. The predicted octanol–water partition coefficient (Wildman–Crippen LogP) is 4.91. The third-order valence-corrected chi connectivity index (χ3v) is 6.62. The lowest BCUT2D eigenvalue weighted by Crippen LogP contribution is -2.29. The molecular weight excluding hydrogens is 486 g/mol. The molecule has 0 spiro atoms. The minimum absolute atomic E-state index is 0.00117. The summed E-state index contributed by atoms with van der Waals surface area (Å²) in [7, 11) is 0. The van der Waals surface area contributed by atoms with Gasteiger partial charge in [0.15, 0.2) is 0 Å². The summed E-state index contributed by atoms with van der Waals surface area (Å²) in [6, 6.07) is 16.5. The Labute approximate surface area is 219 Å². The van der Waals surface area contributed by atoms with E-state index in [0.29, 0.717) is 29.7 Å². The molecule has 0 aromatic heterocycles. The van der Waals surface area contributed by atoms with Gasteiger partial charge in [-0.25, -0.2) is 4.79 Å². The number of carbonyl (C=O) groups excluding carboxylic acids is 3. The summed E-state index contributed by atoms with van der Waals surface area (Å²) in [5.41, 5.74) is 2.23. The van der Waals surface area contributed by atoms with Crippen LogP contribution in [0.25, 0.3) is 5.76 Å². The molecule has 0 radical (unpaired) electrons. The van der Waals surface area contributed by atoms with E-state index in [1.807, 2.05) is 13.8 Å². The molecule has 1 fully saturated rings. The SMILES string of the molecule is CCCOC(=O)c1cccc(N2C(=O)C(=O)/C(=C(\O)c3ccc4c(c3)CC(C)O4)C2c2ccc(O)cc2)c1. The van der Waals surface area contributed by atoms with Crippen LogP contribution >= 0.6 is 0 Å². The van der Waals surface area contributed by atoms with E-state index in [2.05, 4.69) is 0 Å². The molecule has 0 aliphatic carbocycles. The molecule has 2 heterocycles. The largest absolute Gasteiger partial charge is 0.508 e. The highest BCUT2D eigenvalue weighted by Crippen LogP contribution is 2.43. The van der Waals surface area contributed by atoms with Crippen LogP contribution in [-0.2, 0) is 20.7 Å². The number of esters is 1. The number of phenolic OH excluding ortho intramolecular Hbond substituents is 1. The van der Waals surface area contributed by atoms with E-state index < -0.39 is 23.7 Å². The molecule has 2 atom stereocenters. The predicted molar refractivity (Wildman–Crippen MR) is 140 cm³/mol. The smallest absolute Gasteiger partial charge is 0.338 e. The lowest BCUT2D eigenvalue weighted by molar-refractivity contribution is -0.132. The van der Waals surface area contributed by atoms with Gasteiger partial charge in [0.1, 0.15) is 23.4 Å². The van der Waals surface area contributed by atoms with Crippen molar-refractivity contribution in [2.45, 2.75) is 38.8 Å². The van der Waals surface area contributed by atoms with Crippen molar-refractivity contribution in [3.05, 3.63) is 94.6 Å². The number of aliphatic hydroxyl groups excluding tert-OH is 1. The molecule has 194 valence electrons. The number of Topliss-reactive ketones (excluding diaryl/α,β-unsaturated/α-hetero) is 1. The van der Waals surface area contributed by atoms with E-state index in [0.717, 1.165) is 11.3 Å². The van der Waals surface area contributed by atoms with Crippen LogP contribution in [0, 0.1) is 0 Å². The number of amides is 1. The monoisotopic (exact) mass is 513 g/mol. The summed E-state index contributed by atoms with van der Waals surface area (Å²) in [6.45, 7) is 4.09. The Hall–Kier alpha value is -4.59. The van der Waals surface area contributed by atoms with Gasteiger partial charge in [0.2, 0.25) is 0 Å². The number of carbonyl (C=O) groups is 3. The van der Waals surface area contributed by atoms with Gasteiger partial charge in [-0.3, -0.25) is 14.5 Å². The third kappa shape index (κ3) is 4.49. The maximum absolute atomic E-state index is 13.4. The normalized spacial score (nSPS) is 19.8. The first-order valence-electron chi connectivity index (χ1n) is 12.5. The maximum Gasteiger partial charge on any atom is 0.338 e. The Balaban J connectivity index is 1.63. The van der Waals surface area contributed by atoms with Gasteiger partial charge in [0.05, 0.1) is 23.8 Å². The van der Waals surface area contributed by atoms with Crippen molar-refractivity contribution in [2.24, 2.45) is 0 Å². The first-order valence-corrected chi connectivity index (χ1v) is 12.5. The van der Waals surface area contributed by atoms with E-state index in [1.54, 1.807) is 48.5 Å². The molecule has 2 N–H and O–H groups in total. The Morgan fingerprint density at radius 2 is 1.82 bits per heavy atom. The van der Waals surface area contributed by atoms with Crippen LogP contribution in [0.2, 0.25) is 0 Å². The zero-order valence-corrected chi connectivity index (χ0v) is 21.0. The summed E-state index contributed by atoms with van der Waals surface area (Å²) in [4.78, 5) is 40.6. The highest BCUT2D eigenvalue weighted by Gasteiger charge is 2.47. The zero-order chi connectivity index (χ0) is 27.0. The number of ether oxygens (including phenoxy) is 2. The molecule has 8 heteroatoms. The van der Waals surface area contributed by atoms with Crippen LogP contribution in [-0.4, -0.2) is 40.6 Å².